The van der Waals surface area contributed by atoms with Crippen molar-refractivity contribution in [2.45, 2.75) is 40.2 Å². The molecule has 90 valence electrons. The molecule has 0 fully saturated rings. The molecule has 0 saturated carbocycles. The van der Waals surface area contributed by atoms with Crippen LogP contribution in [0.25, 0.3) is 0 Å². The average molecular weight is 222 g/mol. The monoisotopic (exact) mass is 222 g/mol. The van der Waals surface area contributed by atoms with Gasteiger partial charge in [-0.3, -0.25) is 0 Å². The van der Waals surface area contributed by atoms with E-state index in [0.29, 0.717) is 5.92 Å². The van der Waals surface area contributed by atoms with Crippen LogP contribution in [0.3, 0.4) is 0 Å². The highest BCUT2D eigenvalue weighted by Gasteiger charge is 2.08. The smallest absolute Gasteiger partial charge is 0.127 e. The summed E-state index contributed by atoms with van der Waals surface area (Å²) in [6, 6.07) is 5.87. The summed E-state index contributed by atoms with van der Waals surface area (Å²) < 4.78 is 5.81. The first-order valence-corrected chi connectivity index (χ1v) is 6.01. The van der Waals surface area contributed by atoms with Gasteiger partial charge in [-0.05, 0) is 24.8 Å². The number of para-hydroxylation sites is 1. The summed E-state index contributed by atoms with van der Waals surface area (Å²) in [6.07, 6.45) is 2.37. The van der Waals surface area contributed by atoms with Gasteiger partial charge in [0.25, 0.3) is 0 Å². The molecule has 0 aliphatic heterocycles. The van der Waals surface area contributed by atoms with Crippen molar-refractivity contribution in [3.8, 4) is 5.75 Å². The molecule has 1 rings (SSSR count). The van der Waals surface area contributed by atoms with Crippen LogP contribution in [0.5, 0.6) is 5.75 Å². The van der Waals surface area contributed by atoms with Gasteiger partial charge in [0.2, 0.25) is 0 Å². The molecular weight excluding hydrogens is 200 g/mol. The lowest BCUT2D eigenvalue weighted by Crippen LogP contribution is -2.10. The van der Waals surface area contributed by atoms with Gasteiger partial charge in [0.15, 0.2) is 0 Å². The minimum atomic E-state index is 0.0408. The summed E-state index contributed by atoms with van der Waals surface area (Å²) in [5.41, 5.74) is 1.97. The molecular formula is C14H22O2. The summed E-state index contributed by atoms with van der Waals surface area (Å²) >= 11 is 0. The predicted molar refractivity (Wildman–Crippen MR) is 66.7 cm³/mol. The third-order valence-electron chi connectivity index (χ3n) is 2.76. The Morgan fingerprint density at radius 3 is 2.75 bits per heavy atom. The second-order valence-electron chi connectivity index (χ2n) is 4.43. The second-order valence-corrected chi connectivity index (χ2v) is 4.43. The van der Waals surface area contributed by atoms with Crippen molar-refractivity contribution in [1.29, 1.82) is 0 Å². The summed E-state index contributed by atoms with van der Waals surface area (Å²) in [6.45, 7) is 7.16. The molecule has 0 bridgehead atoms. The zero-order chi connectivity index (χ0) is 12.0. The van der Waals surface area contributed by atoms with Crippen LogP contribution in [-0.2, 0) is 6.61 Å². The van der Waals surface area contributed by atoms with Crippen molar-refractivity contribution >= 4 is 0 Å². The first kappa shape index (κ1) is 13.0. The van der Waals surface area contributed by atoms with Crippen molar-refractivity contribution < 1.29 is 9.84 Å². The lowest BCUT2D eigenvalue weighted by atomic mass is 10.1. The Morgan fingerprint density at radius 2 is 2.12 bits per heavy atom. The molecule has 2 heteroatoms. The molecule has 0 heterocycles. The molecule has 0 aliphatic rings. The Bertz CT molecular complexity index is 321. The zero-order valence-electron chi connectivity index (χ0n) is 10.5. The SMILES string of the molecule is CCCC(C)COc1c(C)cccc1CO. The van der Waals surface area contributed by atoms with Gasteiger partial charge in [0, 0.05) is 5.56 Å². The quantitative estimate of drug-likeness (QED) is 0.800. The largest absolute Gasteiger partial charge is 0.493 e. The number of ether oxygens (including phenoxy) is 1. The maximum atomic E-state index is 9.23. The molecule has 0 spiro atoms. The molecule has 1 aromatic carbocycles. The molecule has 1 unspecified atom stereocenters. The molecule has 1 atom stereocenters. The maximum absolute atomic E-state index is 9.23. The molecule has 1 aromatic rings. The van der Waals surface area contributed by atoms with Gasteiger partial charge in [-0.2, -0.15) is 0 Å². The van der Waals surface area contributed by atoms with Crippen LogP contribution in [0, 0.1) is 12.8 Å². The minimum Gasteiger partial charge on any atom is -0.493 e. The normalized spacial score (nSPS) is 12.5. The fraction of sp³-hybridized carbons (Fsp3) is 0.571. The van der Waals surface area contributed by atoms with Crippen LogP contribution in [-0.4, -0.2) is 11.7 Å². The Labute approximate surface area is 98.3 Å². The van der Waals surface area contributed by atoms with E-state index in [1.54, 1.807) is 0 Å². The minimum absolute atomic E-state index is 0.0408. The van der Waals surface area contributed by atoms with E-state index in [0.717, 1.165) is 23.5 Å². The van der Waals surface area contributed by atoms with E-state index in [-0.39, 0.29) is 6.61 Å². The highest BCUT2D eigenvalue weighted by atomic mass is 16.5. The van der Waals surface area contributed by atoms with Crippen LogP contribution in [0.15, 0.2) is 18.2 Å². The highest BCUT2D eigenvalue weighted by molar-refractivity contribution is 5.40. The summed E-state index contributed by atoms with van der Waals surface area (Å²) in [4.78, 5) is 0. The summed E-state index contributed by atoms with van der Waals surface area (Å²) in [7, 11) is 0. The number of aryl methyl sites for hydroxylation is 1. The summed E-state index contributed by atoms with van der Waals surface area (Å²) in [5, 5.41) is 9.23. The first-order chi connectivity index (χ1) is 7.69. The van der Waals surface area contributed by atoms with Crippen LogP contribution in [0.2, 0.25) is 0 Å². The van der Waals surface area contributed by atoms with Crippen LogP contribution >= 0.6 is 0 Å². The fourth-order valence-electron chi connectivity index (χ4n) is 1.85. The highest BCUT2D eigenvalue weighted by Crippen LogP contribution is 2.24. The zero-order valence-corrected chi connectivity index (χ0v) is 10.5. The number of aliphatic hydroxyl groups is 1. The fourth-order valence-corrected chi connectivity index (χ4v) is 1.85. The number of rotatable bonds is 6. The molecule has 0 saturated heterocycles. The van der Waals surface area contributed by atoms with Gasteiger partial charge in [-0.25, -0.2) is 0 Å². The van der Waals surface area contributed by atoms with Crippen LogP contribution in [0.4, 0.5) is 0 Å². The van der Waals surface area contributed by atoms with E-state index in [4.69, 9.17) is 4.74 Å². The Kier molecular flexibility index (Phi) is 5.33. The third kappa shape index (κ3) is 3.53. The topological polar surface area (TPSA) is 29.5 Å². The van der Waals surface area contributed by atoms with Gasteiger partial charge in [-0.15, -0.1) is 0 Å². The lowest BCUT2D eigenvalue weighted by Gasteiger charge is -2.16. The number of aliphatic hydroxyl groups excluding tert-OH is 1. The van der Waals surface area contributed by atoms with E-state index in [9.17, 15) is 5.11 Å². The third-order valence-corrected chi connectivity index (χ3v) is 2.76. The van der Waals surface area contributed by atoms with Gasteiger partial charge in [0.1, 0.15) is 5.75 Å². The van der Waals surface area contributed by atoms with Crippen molar-refractivity contribution in [2.75, 3.05) is 6.61 Å². The molecule has 0 radical (unpaired) electrons. The van der Waals surface area contributed by atoms with E-state index in [1.165, 1.54) is 12.8 Å². The van der Waals surface area contributed by atoms with Crippen molar-refractivity contribution in [1.82, 2.24) is 0 Å². The molecule has 2 nitrogen and oxygen atoms in total. The van der Waals surface area contributed by atoms with Crippen molar-refractivity contribution in [3.05, 3.63) is 29.3 Å². The van der Waals surface area contributed by atoms with Crippen LogP contribution < -0.4 is 4.74 Å². The summed E-state index contributed by atoms with van der Waals surface area (Å²) in [5.74, 6) is 1.42. The van der Waals surface area contributed by atoms with Gasteiger partial charge in [-0.1, -0.05) is 38.5 Å². The number of hydrogen-bond donors (Lipinski definition) is 1. The number of benzene rings is 1. The predicted octanol–water partition coefficient (Wildman–Crippen LogP) is 3.30. The first-order valence-electron chi connectivity index (χ1n) is 6.01. The Morgan fingerprint density at radius 1 is 1.38 bits per heavy atom. The van der Waals surface area contributed by atoms with Crippen molar-refractivity contribution in [2.24, 2.45) is 5.92 Å². The Balaban J connectivity index is 2.65. The second kappa shape index (κ2) is 6.54. The van der Waals surface area contributed by atoms with E-state index >= 15 is 0 Å². The maximum Gasteiger partial charge on any atom is 0.127 e. The van der Waals surface area contributed by atoms with Crippen molar-refractivity contribution in [3.63, 3.8) is 0 Å². The van der Waals surface area contributed by atoms with Crippen LogP contribution in [0.1, 0.15) is 37.8 Å². The molecule has 0 aromatic heterocycles. The van der Waals surface area contributed by atoms with E-state index in [2.05, 4.69) is 13.8 Å². The average Bonchev–Trinajstić information content (AvgIpc) is 2.27. The molecule has 1 N–H and O–H groups in total. The van der Waals surface area contributed by atoms with Gasteiger partial charge >= 0.3 is 0 Å². The number of hydrogen-bond acceptors (Lipinski definition) is 2. The van der Waals surface area contributed by atoms with Gasteiger partial charge in [0.05, 0.1) is 13.2 Å². The standard InChI is InChI=1S/C14H22O2/c1-4-6-11(2)10-16-14-12(3)7-5-8-13(14)9-15/h5,7-8,11,15H,4,6,9-10H2,1-3H3. The molecule has 0 aliphatic carbocycles. The molecule has 16 heavy (non-hydrogen) atoms. The molecule has 0 amide bonds. The van der Waals surface area contributed by atoms with E-state index in [1.807, 2.05) is 25.1 Å². The lowest BCUT2D eigenvalue weighted by molar-refractivity contribution is 0.233. The van der Waals surface area contributed by atoms with Gasteiger partial charge < -0.3 is 9.84 Å². The van der Waals surface area contributed by atoms with E-state index < -0.39 is 0 Å². The Hall–Kier alpha value is -1.02.